The maximum Gasteiger partial charge on any atom is 0.240 e. The van der Waals surface area contributed by atoms with Gasteiger partial charge in [0.1, 0.15) is 0 Å². The first-order chi connectivity index (χ1) is 17.2. The molecule has 2 aromatic carbocycles. The predicted molar refractivity (Wildman–Crippen MR) is 140 cm³/mol. The fraction of sp³-hybridized carbons (Fsp3) is 0.259. The summed E-state index contributed by atoms with van der Waals surface area (Å²) < 4.78 is 0. The van der Waals surface area contributed by atoms with Crippen LogP contribution in [0.1, 0.15) is 56.1 Å². The quantitative estimate of drug-likeness (QED) is 0.133. The van der Waals surface area contributed by atoms with Crippen LogP contribution in [-0.4, -0.2) is 34.2 Å². The summed E-state index contributed by atoms with van der Waals surface area (Å²) in [5, 5.41) is 10.3. The minimum atomic E-state index is -0.0893. The van der Waals surface area contributed by atoms with Gasteiger partial charge in [0.25, 0.3) is 0 Å². The number of fused-ring (bicyclic) bond motifs is 2. The molecule has 0 bridgehead atoms. The summed E-state index contributed by atoms with van der Waals surface area (Å²) in [7, 11) is 0. The highest BCUT2D eigenvalue weighted by Gasteiger charge is 2.04. The first kappa shape index (κ1) is 23.9. The Kier molecular flexibility index (Phi) is 8.42. The molecule has 4 rings (SSSR count). The summed E-state index contributed by atoms with van der Waals surface area (Å²) >= 11 is 0. The predicted octanol–water partition coefficient (Wildman–Crippen LogP) is 4.98. The Balaban J connectivity index is 1.04. The molecule has 2 aromatic heterocycles. The lowest BCUT2D eigenvalue weighted by atomic mass is 10.1. The van der Waals surface area contributed by atoms with E-state index in [9.17, 15) is 9.59 Å². The monoisotopic (exact) mass is 470 g/mol. The summed E-state index contributed by atoms with van der Waals surface area (Å²) in [5.74, 6) is -0.179. The van der Waals surface area contributed by atoms with Gasteiger partial charge in [-0.05, 0) is 25.0 Å². The lowest BCUT2D eigenvalue weighted by Crippen LogP contribution is -2.17. The number of benzene rings is 2. The van der Waals surface area contributed by atoms with Gasteiger partial charge in [0, 0.05) is 58.2 Å². The minimum Gasteiger partial charge on any atom is -0.361 e. The third-order valence-electron chi connectivity index (χ3n) is 5.84. The molecule has 2 heterocycles. The fourth-order valence-corrected chi connectivity index (χ4v) is 3.96. The van der Waals surface area contributed by atoms with Crippen LogP contribution in [0.3, 0.4) is 0 Å². The summed E-state index contributed by atoms with van der Waals surface area (Å²) in [4.78, 5) is 30.3. The smallest absolute Gasteiger partial charge is 0.240 e. The zero-order valence-electron chi connectivity index (χ0n) is 19.6. The number of aromatic amines is 2. The van der Waals surface area contributed by atoms with Crippen LogP contribution in [0.2, 0.25) is 0 Å². The highest BCUT2D eigenvalue weighted by molar-refractivity contribution is 6.00. The lowest BCUT2D eigenvalue weighted by Gasteiger charge is -2.02. The number of hydrazone groups is 2. The van der Waals surface area contributed by atoms with Crippen LogP contribution in [0.15, 0.2) is 71.1 Å². The normalized spacial score (nSPS) is 11.7. The largest absolute Gasteiger partial charge is 0.361 e. The lowest BCUT2D eigenvalue weighted by molar-refractivity contribution is -0.121. The summed E-state index contributed by atoms with van der Waals surface area (Å²) in [5.41, 5.74) is 9.13. The van der Waals surface area contributed by atoms with Gasteiger partial charge in [0.15, 0.2) is 0 Å². The van der Waals surface area contributed by atoms with E-state index in [-0.39, 0.29) is 11.8 Å². The molecule has 0 aliphatic heterocycles. The molecule has 0 aliphatic carbocycles. The average molecular weight is 471 g/mol. The molecule has 0 spiro atoms. The number of nitrogens with one attached hydrogen (secondary N) is 4. The van der Waals surface area contributed by atoms with Gasteiger partial charge in [-0.3, -0.25) is 9.59 Å². The van der Waals surface area contributed by atoms with Gasteiger partial charge in [-0.1, -0.05) is 55.7 Å². The second kappa shape index (κ2) is 12.3. The van der Waals surface area contributed by atoms with Gasteiger partial charge in [-0.2, -0.15) is 10.2 Å². The number of hydrogen-bond donors (Lipinski definition) is 4. The van der Waals surface area contributed by atoms with Crippen LogP contribution in [0.25, 0.3) is 21.8 Å². The zero-order chi connectivity index (χ0) is 24.3. The number of rotatable bonds is 12. The van der Waals surface area contributed by atoms with Gasteiger partial charge in [0.05, 0.1) is 12.4 Å². The molecule has 8 heteroatoms. The minimum absolute atomic E-state index is 0.0893. The van der Waals surface area contributed by atoms with Gasteiger partial charge >= 0.3 is 0 Å². The zero-order valence-corrected chi connectivity index (χ0v) is 19.6. The fourth-order valence-electron chi connectivity index (χ4n) is 3.96. The van der Waals surface area contributed by atoms with Crippen molar-refractivity contribution in [2.45, 2.75) is 44.9 Å². The number of unbranched alkanes of at least 4 members (excludes halogenated alkanes) is 4. The number of carbonyl (C=O) groups is 2. The first-order valence-corrected chi connectivity index (χ1v) is 12.0. The Labute approximate surface area is 203 Å². The van der Waals surface area contributed by atoms with Crippen LogP contribution in [0, 0.1) is 0 Å². The van der Waals surface area contributed by atoms with Crippen molar-refractivity contribution in [3.05, 3.63) is 72.1 Å². The van der Waals surface area contributed by atoms with Crippen LogP contribution in [0.5, 0.6) is 0 Å². The molecule has 0 aliphatic rings. The van der Waals surface area contributed by atoms with E-state index in [4.69, 9.17) is 0 Å². The average Bonchev–Trinajstić information content (AvgIpc) is 3.48. The number of para-hydroxylation sites is 2. The van der Waals surface area contributed by atoms with Crippen molar-refractivity contribution in [3.8, 4) is 0 Å². The van der Waals surface area contributed by atoms with Gasteiger partial charge < -0.3 is 9.97 Å². The Bertz CT molecular complexity index is 1230. The molecule has 4 aromatic rings. The molecule has 2 amide bonds. The van der Waals surface area contributed by atoms with Crippen molar-refractivity contribution >= 4 is 46.0 Å². The van der Waals surface area contributed by atoms with E-state index in [1.165, 1.54) is 0 Å². The van der Waals surface area contributed by atoms with Crippen molar-refractivity contribution in [1.82, 2.24) is 20.8 Å². The SMILES string of the molecule is O=C(CCCCCCCC(=O)N/N=C/c1c[nH]c2ccccc12)N/N=C/c1c[nH]c2ccccc12. The van der Waals surface area contributed by atoms with E-state index in [1.54, 1.807) is 12.4 Å². The Morgan fingerprint density at radius 3 is 1.57 bits per heavy atom. The van der Waals surface area contributed by atoms with Crippen LogP contribution >= 0.6 is 0 Å². The second-order valence-electron chi connectivity index (χ2n) is 8.43. The molecule has 0 radical (unpaired) electrons. The van der Waals surface area contributed by atoms with E-state index >= 15 is 0 Å². The highest BCUT2D eigenvalue weighted by Crippen LogP contribution is 2.16. The maximum atomic E-state index is 12.0. The number of amides is 2. The Hall–Kier alpha value is -4.20. The van der Waals surface area contributed by atoms with Crippen LogP contribution in [-0.2, 0) is 9.59 Å². The number of hydrogen-bond acceptors (Lipinski definition) is 4. The number of H-pyrrole nitrogens is 2. The van der Waals surface area contributed by atoms with Crippen LogP contribution < -0.4 is 10.9 Å². The molecule has 8 nitrogen and oxygen atoms in total. The molecule has 35 heavy (non-hydrogen) atoms. The van der Waals surface area contributed by atoms with E-state index in [0.29, 0.717) is 12.8 Å². The highest BCUT2D eigenvalue weighted by atomic mass is 16.2. The van der Waals surface area contributed by atoms with Gasteiger partial charge in [0.2, 0.25) is 11.8 Å². The molecule has 0 saturated heterocycles. The molecule has 4 N–H and O–H groups in total. The Morgan fingerprint density at radius 1 is 0.657 bits per heavy atom. The molecule has 0 saturated carbocycles. The van der Waals surface area contributed by atoms with Crippen LogP contribution in [0.4, 0.5) is 0 Å². The molecule has 0 fully saturated rings. The molecular weight excluding hydrogens is 440 g/mol. The third kappa shape index (κ3) is 6.89. The number of carbonyl (C=O) groups excluding carboxylic acids is 2. The van der Waals surface area contributed by atoms with Crippen molar-refractivity contribution in [1.29, 1.82) is 0 Å². The topological polar surface area (TPSA) is 114 Å². The van der Waals surface area contributed by atoms with Gasteiger partial charge in [-0.25, -0.2) is 10.9 Å². The second-order valence-corrected chi connectivity index (χ2v) is 8.43. The number of aromatic nitrogens is 2. The van der Waals surface area contributed by atoms with Crippen molar-refractivity contribution in [2.24, 2.45) is 10.2 Å². The van der Waals surface area contributed by atoms with E-state index < -0.39 is 0 Å². The Morgan fingerprint density at radius 2 is 1.09 bits per heavy atom. The third-order valence-corrected chi connectivity index (χ3v) is 5.84. The molecule has 180 valence electrons. The van der Waals surface area contributed by atoms with E-state index in [0.717, 1.165) is 65.0 Å². The molecule has 0 atom stereocenters. The van der Waals surface area contributed by atoms with Crippen molar-refractivity contribution in [3.63, 3.8) is 0 Å². The van der Waals surface area contributed by atoms with Crippen molar-refractivity contribution in [2.75, 3.05) is 0 Å². The molecule has 0 unspecified atom stereocenters. The number of nitrogens with zero attached hydrogens (tertiary/aromatic N) is 2. The van der Waals surface area contributed by atoms with Gasteiger partial charge in [-0.15, -0.1) is 0 Å². The molecular formula is C27H30N6O2. The summed E-state index contributed by atoms with van der Waals surface area (Å²) in [6, 6.07) is 15.9. The maximum absolute atomic E-state index is 12.0. The first-order valence-electron chi connectivity index (χ1n) is 12.0. The summed E-state index contributed by atoms with van der Waals surface area (Å²) in [6.45, 7) is 0. The standard InChI is InChI=1S/C27H30N6O2/c34-26(32-30-18-20-16-28-24-12-8-6-10-22(20)24)14-4-2-1-3-5-15-27(35)33-31-19-21-17-29-25-13-9-7-11-23(21)25/h6-13,16-19,28-29H,1-5,14-15H2,(H,32,34)(H,33,35)/b30-18+,31-19+. The van der Waals surface area contributed by atoms with E-state index in [1.807, 2.05) is 60.9 Å². The summed E-state index contributed by atoms with van der Waals surface area (Å²) in [6.07, 6.45) is 12.4. The van der Waals surface area contributed by atoms with Crippen molar-refractivity contribution < 1.29 is 9.59 Å². The van der Waals surface area contributed by atoms with E-state index in [2.05, 4.69) is 31.0 Å².